The Kier molecular flexibility index (Phi) is 4.71. The molecule has 0 aliphatic carbocycles. The molecule has 0 unspecified atom stereocenters. The Morgan fingerprint density at radius 1 is 1.00 bits per heavy atom. The third-order valence-electron chi connectivity index (χ3n) is 3.31. The van der Waals surface area contributed by atoms with Gasteiger partial charge in [-0.2, -0.15) is 4.98 Å². The minimum Gasteiger partial charge on any atom is -0.335 e. The molecule has 0 atom stereocenters. The number of anilines is 4. The summed E-state index contributed by atoms with van der Waals surface area (Å²) in [5, 5.41) is 5.73. The number of nitrogens with one attached hydrogen (secondary N) is 2. The van der Waals surface area contributed by atoms with Crippen molar-refractivity contribution in [1.29, 1.82) is 0 Å². The monoisotopic (exact) mass is 390 g/mol. The zero-order chi connectivity index (χ0) is 17.1. The molecule has 24 heavy (non-hydrogen) atoms. The molecule has 1 aromatic heterocycles. The summed E-state index contributed by atoms with van der Waals surface area (Å²) >= 11 is 3.40. The standard InChI is InChI=1S/C17H13BrF2N4/c1-10-9-11(18)5-6-14(10)22-17-21-8-7-15(24-17)23-16-12(19)3-2-4-13(16)20/h2-9H,1H3,(H2,21,22,23,24). The molecule has 0 saturated carbocycles. The molecular weight excluding hydrogens is 378 g/mol. The number of aryl methyl sites for hydroxylation is 1. The number of para-hydroxylation sites is 1. The number of aromatic nitrogens is 2. The van der Waals surface area contributed by atoms with E-state index in [-0.39, 0.29) is 11.5 Å². The molecule has 0 saturated heterocycles. The van der Waals surface area contributed by atoms with Crippen LogP contribution < -0.4 is 10.6 Å². The molecule has 1 heterocycles. The van der Waals surface area contributed by atoms with E-state index in [4.69, 9.17) is 0 Å². The van der Waals surface area contributed by atoms with Gasteiger partial charge in [-0.1, -0.05) is 22.0 Å². The average molecular weight is 391 g/mol. The van der Waals surface area contributed by atoms with Crippen LogP contribution in [-0.4, -0.2) is 9.97 Å². The number of hydrogen-bond acceptors (Lipinski definition) is 4. The van der Waals surface area contributed by atoms with Gasteiger partial charge in [-0.3, -0.25) is 0 Å². The molecule has 4 nitrogen and oxygen atoms in total. The highest BCUT2D eigenvalue weighted by Crippen LogP contribution is 2.25. The molecule has 0 fully saturated rings. The number of rotatable bonds is 4. The third-order valence-corrected chi connectivity index (χ3v) is 3.80. The fourth-order valence-electron chi connectivity index (χ4n) is 2.12. The molecule has 2 N–H and O–H groups in total. The summed E-state index contributed by atoms with van der Waals surface area (Å²) in [7, 11) is 0. The van der Waals surface area contributed by atoms with Crippen molar-refractivity contribution in [3.05, 3.63) is 70.3 Å². The van der Waals surface area contributed by atoms with E-state index in [0.717, 1.165) is 15.7 Å². The van der Waals surface area contributed by atoms with Crippen LogP contribution in [0.15, 0.2) is 53.1 Å². The zero-order valence-electron chi connectivity index (χ0n) is 12.6. The molecule has 0 amide bonds. The van der Waals surface area contributed by atoms with Crippen molar-refractivity contribution >= 4 is 39.1 Å². The minimum absolute atomic E-state index is 0.248. The normalized spacial score (nSPS) is 10.5. The van der Waals surface area contributed by atoms with Gasteiger partial charge in [0.05, 0.1) is 0 Å². The van der Waals surface area contributed by atoms with E-state index in [2.05, 4.69) is 36.5 Å². The number of benzene rings is 2. The van der Waals surface area contributed by atoms with Crippen molar-refractivity contribution in [3.8, 4) is 0 Å². The van der Waals surface area contributed by atoms with Crippen molar-refractivity contribution < 1.29 is 8.78 Å². The van der Waals surface area contributed by atoms with E-state index in [0.29, 0.717) is 5.95 Å². The first-order valence-electron chi connectivity index (χ1n) is 7.10. The van der Waals surface area contributed by atoms with Gasteiger partial charge >= 0.3 is 0 Å². The maximum absolute atomic E-state index is 13.7. The lowest BCUT2D eigenvalue weighted by Crippen LogP contribution is -2.03. The molecule has 2 aromatic carbocycles. The van der Waals surface area contributed by atoms with Crippen LogP contribution in [0, 0.1) is 18.6 Å². The lowest BCUT2D eigenvalue weighted by atomic mass is 10.2. The summed E-state index contributed by atoms with van der Waals surface area (Å²) in [6.07, 6.45) is 1.50. The summed E-state index contributed by atoms with van der Waals surface area (Å²) < 4.78 is 28.4. The van der Waals surface area contributed by atoms with E-state index in [1.165, 1.54) is 30.5 Å². The van der Waals surface area contributed by atoms with Gasteiger partial charge in [-0.25, -0.2) is 13.8 Å². The van der Waals surface area contributed by atoms with Crippen LogP contribution in [0.5, 0.6) is 0 Å². The first kappa shape index (κ1) is 16.3. The van der Waals surface area contributed by atoms with E-state index in [9.17, 15) is 8.78 Å². The molecular formula is C17H13BrF2N4. The molecule has 0 radical (unpaired) electrons. The smallest absolute Gasteiger partial charge is 0.229 e. The van der Waals surface area contributed by atoms with Crippen molar-refractivity contribution in [1.82, 2.24) is 9.97 Å². The minimum atomic E-state index is -0.688. The SMILES string of the molecule is Cc1cc(Br)ccc1Nc1nccc(Nc2c(F)cccc2F)n1. The quantitative estimate of drug-likeness (QED) is 0.633. The Morgan fingerprint density at radius 3 is 2.46 bits per heavy atom. The van der Waals surface area contributed by atoms with Crippen LogP contribution in [0.2, 0.25) is 0 Å². The van der Waals surface area contributed by atoms with Crippen LogP contribution in [-0.2, 0) is 0 Å². The molecule has 3 rings (SSSR count). The van der Waals surface area contributed by atoms with E-state index in [1.54, 1.807) is 0 Å². The number of hydrogen-bond donors (Lipinski definition) is 2. The van der Waals surface area contributed by atoms with Crippen LogP contribution in [0.4, 0.5) is 31.9 Å². The molecule has 0 aliphatic heterocycles. The maximum Gasteiger partial charge on any atom is 0.229 e. The lowest BCUT2D eigenvalue weighted by molar-refractivity contribution is 0.590. The van der Waals surface area contributed by atoms with Gasteiger partial charge in [0.2, 0.25) is 5.95 Å². The molecule has 3 aromatic rings. The van der Waals surface area contributed by atoms with Crippen LogP contribution in [0.25, 0.3) is 0 Å². The molecule has 0 aliphatic rings. The Balaban J connectivity index is 1.84. The van der Waals surface area contributed by atoms with Gasteiger partial charge in [-0.15, -0.1) is 0 Å². The third kappa shape index (κ3) is 3.68. The van der Waals surface area contributed by atoms with Gasteiger partial charge in [-0.05, 0) is 48.9 Å². The highest BCUT2D eigenvalue weighted by atomic mass is 79.9. The molecule has 7 heteroatoms. The van der Waals surface area contributed by atoms with Crippen molar-refractivity contribution in [2.24, 2.45) is 0 Å². The summed E-state index contributed by atoms with van der Waals surface area (Å²) in [6, 6.07) is 10.9. The number of halogens is 3. The second-order valence-corrected chi connectivity index (χ2v) is 5.99. The summed E-state index contributed by atoms with van der Waals surface area (Å²) in [5.41, 5.74) is 1.60. The van der Waals surface area contributed by atoms with Crippen LogP contribution >= 0.6 is 15.9 Å². The molecule has 122 valence electrons. The molecule has 0 spiro atoms. The van der Waals surface area contributed by atoms with Gasteiger partial charge in [0.25, 0.3) is 0 Å². The second kappa shape index (κ2) is 6.92. The summed E-state index contributed by atoms with van der Waals surface area (Å²) in [5.74, 6) is -0.771. The second-order valence-electron chi connectivity index (χ2n) is 5.07. The van der Waals surface area contributed by atoms with Gasteiger partial charge in [0, 0.05) is 16.4 Å². The topological polar surface area (TPSA) is 49.8 Å². The largest absolute Gasteiger partial charge is 0.335 e. The maximum atomic E-state index is 13.7. The predicted molar refractivity (Wildman–Crippen MR) is 93.8 cm³/mol. The van der Waals surface area contributed by atoms with Crippen LogP contribution in [0.1, 0.15) is 5.56 Å². The van der Waals surface area contributed by atoms with Crippen molar-refractivity contribution in [3.63, 3.8) is 0 Å². The fraction of sp³-hybridized carbons (Fsp3) is 0.0588. The van der Waals surface area contributed by atoms with E-state index < -0.39 is 11.6 Å². The lowest BCUT2D eigenvalue weighted by Gasteiger charge is -2.11. The van der Waals surface area contributed by atoms with Crippen molar-refractivity contribution in [2.75, 3.05) is 10.6 Å². The Labute approximate surface area is 146 Å². The Hall–Kier alpha value is -2.54. The Bertz CT molecular complexity index is 866. The van der Waals surface area contributed by atoms with Gasteiger partial charge < -0.3 is 10.6 Å². The Morgan fingerprint density at radius 2 is 1.75 bits per heavy atom. The highest BCUT2D eigenvalue weighted by molar-refractivity contribution is 9.10. The predicted octanol–water partition coefficient (Wildman–Crippen LogP) is 5.31. The fourth-order valence-corrected chi connectivity index (χ4v) is 2.60. The van der Waals surface area contributed by atoms with Crippen molar-refractivity contribution in [2.45, 2.75) is 6.92 Å². The van der Waals surface area contributed by atoms with Gasteiger partial charge in [0.1, 0.15) is 23.1 Å². The van der Waals surface area contributed by atoms with E-state index >= 15 is 0 Å². The first-order chi connectivity index (χ1) is 11.5. The first-order valence-corrected chi connectivity index (χ1v) is 7.89. The molecule has 0 bridgehead atoms. The van der Waals surface area contributed by atoms with Crippen LogP contribution in [0.3, 0.4) is 0 Å². The number of nitrogens with zero attached hydrogens (tertiary/aromatic N) is 2. The van der Waals surface area contributed by atoms with Gasteiger partial charge in [0.15, 0.2) is 0 Å². The average Bonchev–Trinajstić information content (AvgIpc) is 2.54. The summed E-state index contributed by atoms with van der Waals surface area (Å²) in [6.45, 7) is 1.95. The van der Waals surface area contributed by atoms with E-state index in [1.807, 2.05) is 25.1 Å². The highest BCUT2D eigenvalue weighted by Gasteiger charge is 2.10. The zero-order valence-corrected chi connectivity index (χ0v) is 14.2. The summed E-state index contributed by atoms with van der Waals surface area (Å²) in [4.78, 5) is 8.35.